The Labute approximate surface area is 259 Å². The van der Waals surface area contributed by atoms with Crippen LogP contribution in [0, 0.1) is 11.3 Å². The number of piperidine rings is 1. The van der Waals surface area contributed by atoms with Crippen molar-refractivity contribution in [2.75, 3.05) is 27.3 Å². The fourth-order valence-corrected chi connectivity index (χ4v) is 6.85. The van der Waals surface area contributed by atoms with Gasteiger partial charge in [0, 0.05) is 30.2 Å². The summed E-state index contributed by atoms with van der Waals surface area (Å²) in [5, 5.41) is 6.98. The first-order valence-corrected chi connectivity index (χ1v) is 15.6. The highest BCUT2D eigenvalue weighted by Gasteiger charge is 2.47. The van der Waals surface area contributed by atoms with Gasteiger partial charge >= 0.3 is 0 Å². The van der Waals surface area contributed by atoms with E-state index in [0.717, 1.165) is 74.3 Å². The number of methoxy groups -OCH3 is 2. The second-order valence-electron chi connectivity index (χ2n) is 11.8. The van der Waals surface area contributed by atoms with Gasteiger partial charge in [-0.1, -0.05) is 54.8 Å². The summed E-state index contributed by atoms with van der Waals surface area (Å²) in [6.07, 6.45) is 6.28. The van der Waals surface area contributed by atoms with E-state index in [1.165, 1.54) is 5.56 Å². The van der Waals surface area contributed by atoms with Gasteiger partial charge in [-0.15, -0.1) is 0 Å². The Kier molecular flexibility index (Phi) is 10.3. The molecule has 2 N–H and O–H groups in total. The molecule has 5 rings (SSSR count). The van der Waals surface area contributed by atoms with Gasteiger partial charge in [-0.05, 0) is 97.8 Å². The largest absolute Gasteiger partial charge is 0.493 e. The molecule has 228 valence electrons. The summed E-state index contributed by atoms with van der Waals surface area (Å²) in [4.78, 5) is 29.0. The van der Waals surface area contributed by atoms with Crippen molar-refractivity contribution in [3.8, 4) is 11.5 Å². The van der Waals surface area contributed by atoms with Crippen LogP contribution in [-0.2, 0) is 24.4 Å². The zero-order valence-corrected chi connectivity index (χ0v) is 25.9. The zero-order valence-electron chi connectivity index (χ0n) is 25.2. The van der Waals surface area contributed by atoms with Gasteiger partial charge in [0.25, 0.3) is 5.91 Å². The van der Waals surface area contributed by atoms with Crippen molar-refractivity contribution >= 4 is 23.4 Å². The first kappa shape index (κ1) is 30.9. The summed E-state index contributed by atoms with van der Waals surface area (Å²) in [5.74, 6) is 1.72. The molecule has 0 bridgehead atoms. The van der Waals surface area contributed by atoms with Crippen molar-refractivity contribution in [3.63, 3.8) is 0 Å². The lowest BCUT2D eigenvalue weighted by molar-refractivity contribution is -0.135. The first-order valence-electron chi connectivity index (χ1n) is 15.2. The van der Waals surface area contributed by atoms with Crippen LogP contribution in [0.1, 0.15) is 65.6 Å². The molecule has 0 atom stereocenters. The van der Waals surface area contributed by atoms with Crippen LogP contribution in [0.15, 0.2) is 66.7 Å². The number of amides is 2. The van der Waals surface area contributed by atoms with E-state index in [9.17, 15) is 9.59 Å². The number of benzene rings is 3. The van der Waals surface area contributed by atoms with Gasteiger partial charge in [0.2, 0.25) is 5.91 Å². The van der Waals surface area contributed by atoms with Gasteiger partial charge in [0.05, 0.1) is 19.6 Å². The van der Waals surface area contributed by atoms with Crippen LogP contribution in [0.2, 0.25) is 5.02 Å². The van der Waals surface area contributed by atoms with Crippen LogP contribution in [-0.4, -0.2) is 44.0 Å². The van der Waals surface area contributed by atoms with Crippen molar-refractivity contribution in [1.29, 1.82) is 0 Å². The van der Waals surface area contributed by atoms with Gasteiger partial charge in [0.1, 0.15) is 0 Å². The fourth-order valence-electron chi connectivity index (χ4n) is 6.73. The van der Waals surface area contributed by atoms with Crippen LogP contribution < -0.4 is 20.1 Å². The lowest BCUT2D eigenvalue weighted by Crippen LogP contribution is -2.48. The van der Waals surface area contributed by atoms with E-state index in [1.54, 1.807) is 14.2 Å². The van der Waals surface area contributed by atoms with Crippen molar-refractivity contribution in [2.45, 2.75) is 58.2 Å². The Hall–Kier alpha value is -3.55. The van der Waals surface area contributed by atoms with E-state index in [-0.39, 0.29) is 17.2 Å². The molecule has 1 saturated heterocycles. The molecule has 1 aliphatic heterocycles. The molecule has 0 radical (unpaired) electrons. The van der Waals surface area contributed by atoms with Gasteiger partial charge in [-0.2, -0.15) is 0 Å². The summed E-state index contributed by atoms with van der Waals surface area (Å²) in [6.45, 7) is 3.78. The van der Waals surface area contributed by atoms with Gasteiger partial charge in [-0.25, -0.2) is 0 Å². The topological polar surface area (TPSA) is 79.9 Å². The molecule has 7 nitrogen and oxygen atoms in total. The highest BCUT2D eigenvalue weighted by molar-refractivity contribution is 6.30. The number of carbonyl (C=O) groups excluding carboxylic acids is 2. The Morgan fingerprint density at radius 3 is 2.07 bits per heavy atom. The Bertz CT molecular complexity index is 1380. The minimum absolute atomic E-state index is 0.155. The van der Waals surface area contributed by atoms with Crippen molar-refractivity contribution in [2.24, 2.45) is 11.3 Å². The zero-order chi connectivity index (χ0) is 30.2. The van der Waals surface area contributed by atoms with E-state index < -0.39 is 0 Å². The van der Waals surface area contributed by atoms with E-state index in [0.29, 0.717) is 36.1 Å². The number of hydrogen-bond acceptors (Lipinski definition) is 5. The number of halogens is 1. The van der Waals surface area contributed by atoms with Crippen LogP contribution in [0.3, 0.4) is 0 Å². The third kappa shape index (κ3) is 7.51. The summed E-state index contributed by atoms with van der Waals surface area (Å²) in [7, 11) is 3.18. The summed E-state index contributed by atoms with van der Waals surface area (Å²) >= 11 is 6.05. The van der Waals surface area contributed by atoms with Crippen molar-refractivity contribution < 1.29 is 19.1 Å². The first-order chi connectivity index (χ1) is 20.9. The molecule has 0 aromatic heterocycles. The second kappa shape index (κ2) is 14.3. The maximum atomic E-state index is 13.7. The molecule has 8 heteroatoms. The van der Waals surface area contributed by atoms with Gasteiger partial charge in [0.15, 0.2) is 11.5 Å². The third-order valence-electron chi connectivity index (χ3n) is 9.21. The molecule has 1 saturated carbocycles. The molecular formula is C35H42ClN3O4. The quantitative estimate of drug-likeness (QED) is 0.266. The predicted octanol–water partition coefficient (Wildman–Crippen LogP) is 6.38. The van der Waals surface area contributed by atoms with Crippen LogP contribution >= 0.6 is 11.6 Å². The smallest absolute Gasteiger partial charge is 0.251 e. The molecule has 3 aromatic carbocycles. The number of carbonyl (C=O) groups is 2. The van der Waals surface area contributed by atoms with Crippen LogP contribution in [0.25, 0.3) is 0 Å². The molecule has 1 heterocycles. The highest BCUT2D eigenvalue weighted by atomic mass is 35.5. The number of nitrogens with zero attached hydrogens (tertiary/aromatic N) is 1. The molecular weight excluding hydrogens is 562 g/mol. The number of ether oxygens (including phenoxy) is 2. The van der Waals surface area contributed by atoms with Gasteiger partial charge < -0.3 is 20.1 Å². The standard InChI is InChI=1S/C35H42ClN3O4/c1-42-31-14-9-27(21-32(31)43-2)23-37-33(40)28-10-5-25(6-11-28)22-38-34(41)35(17-3-4-18-35)29-15-19-39(20-16-29)24-26-7-12-30(36)13-8-26/h5-14,21,29H,3-4,15-20,22-24H2,1-2H3,(H,37,40)(H,38,41). The maximum absolute atomic E-state index is 13.7. The molecule has 3 aromatic rings. The highest BCUT2D eigenvalue weighted by Crippen LogP contribution is 2.48. The number of nitrogens with one attached hydrogen (secondary N) is 2. The SMILES string of the molecule is COc1ccc(CNC(=O)c2ccc(CNC(=O)C3(C4CCN(Cc5ccc(Cl)cc5)CC4)CCCC3)cc2)cc1OC. The summed E-state index contributed by atoms with van der Waals surface area (Å²) in [6, 6.07) is 21.1. The minimum atomic E-state index is -0.268. The van der Waals surface area contributed by atoms with Crippen molar-refractivity contribution in [1.82, 2.24) is 15.5 Å². The lowest BCUT2D eigenvalue weighted by Gasteiger charge is -2.42. The Balaban J connectivity index is 1.11. The number of rotatable bonds is 11. The van der Waals surface area contributed by atoms with Gasteiger partial charge in [-0.3, -0.25) is 14.5 Å². The lowest BCUT2D eigenvalue weighted by atomic mass is 9.69. The minimum Gasteiger partial charge on any atom is -0.493 e. The second-order valence-corrected chi connectivity index (χ2v) is 12.2. The number of likely N-dealkylation sites (tertiary alicyclic amines) is 1. The normalized spacial score (nSPS) is 16.9. The van der Waals surface area contributed by atoms with E-state index in [1.807, 2.05) is 54.6 Å². The number of hydrogen-bond donors (Lipinski definition) is 2. The average molecular weight is 604 g/mol. The molecule has 0 spiro atoms. The third-order valence-corrected chi connectivity index (χ3v) is 9.46. The molecule has 2 amide bonds. The summed E-state index contributed by atoms with van der Waals surface area (Å²) in [5.41, 5.74) is 3.48. The van der Waals surface area contributed by atoms with E-state index >= 15 is 0 Å². The summed E-state index contributed by atoms with van der Waals surface area (Å²) < 4.78 is 10.6. The van der Waals surface area contributed by atoms with E-state index in [4.69, 9.17) is 21.1 Å². The van der Waals surface area contributed by atoms with Crippen molar-refractivity contribution in [3.05, 3.63) is 94.0 Å². The maximum Gasteiger partial charge on any atom is 0.251 e. The molecule has 2 aliphatic rings. The monoisotopic (exact) mass is 603 g/mol. The predicted molar refractivity (Wildman–Crippen MR) is 169 cm³/mol. The van der Waals surface area contributed by atoms with Crippen LogP contribution in [0.4, 0.5) is 0 Å². The fraction of sp³-hybridized carbons (Fsp3) is 0.429. The molecule has 43 heavy (non-hydrogen) atoms. The Morgan fingerprint density at radius 2 is 1.42 bits per heavy atom. The molecule has 2 fully saturated rings. The average Bonchev–Trinajstić information content (AvgIpc) is 3.55. The Morgan fingerprint density at radius 1 is 0.814 bits per heavy atom. The molecule has 1 aliphatic carbocycles. The molecule has 0 unspecified atom stereocenters. The van der Waals surface area contributed by atoms with E-state index in [2.05, 4.69) is 27.7 Å². The van der Waals surface area contributed by atoms with Crippen LogP contribution in [0.5, 0.6) is 11.5 Å².